The van der Waals surface area contributed by atoms with Gasteiger partial charge in [0.25, 0.3) is 0 Å². The lowest BCUT2D eigenvalue weighted by molar-refractivity contribution is 0.398. The van der Waals surface area contributed by atoms with Gasteiger partial charge in [0.15, 0.2) is 0 Å². The number of benzene rings is 1. The Balaban J connectivity index is 2.79. The van der Waals surface area contributed by atoms with Gasteiger partial charge in [-0.05, 0) is 22.9 Å². The van der Waals surface area contributed by atoms with Crippen molar-refractivity contribution >= 4 is 10.8 Å². The lowest BCUT2D eigenvalue weighted by Crippen LogP contribution is -1.95. The zero-order chi connectivity index (χ0) is 12.4. The van der Waals surface area contributed by atoms with Crippen LogP contribution in [0.25, 0.3) is 10.8 Å². The SMILES string of the molecule is COc1cc(OC)c2cncc(C(C)C)c2c1. The highest BCUT2D eigenvalue weighted by Gasteiger charge is 2.11. The topological polar surface area (TPSA) is 31.4 Å². The molecular formula is C14H17NO2. The standard InChI is InChI=1S/C14H17NO2/c1-9(2)12-7-15-8-13-11(12)5-10(16-3)6-14(13)17-4/h5-9H,1-4H3. The van der Waals surface area contributed by atoms with Crippen molar-refractivity contribution < 1.29 is 9.47 Å². The van der Waals surface area contributed by atoms with Crippen molar-refractivity contribution in [3.63, 3.8) is 0 Å². The normalized spacial score (nSPS) is 10.9. The predicted octanol–water partition coefficient (Wildman–Crippen LogP) is 3.38. The van der Waals surface area contributed by atoms with Crippen LogP contribution in [0.5, 0.6) is 11.5 Å². The molecule has 2 rings (SSSR count). The van der Waals surface area contributed by atoms with Crippen LogP contribution in [0.3, 0.4) is 0 Å². The van der Waals surface area contributed by atoms with Crippen LogP contribution in [0.1, 0.15) is 25.3 Å². The summed E-state index contributed by atoms with van der Waals surface area (Å²) in [6.07, 6.45) is 3.74. The fourth-order valence-corrected chi connectivity index (χ4v) is 1.98. The fourth-order valence-electron chi connectivity index (χ4n) is 1.98. The van der Waals surface area contributed by atoms with E-state index >= 15 is 0 Å². The number of ether oxygens (including phenoxy) is 2. The molecule has 0 N–H and O–H groups in total. The van der Waals surface area contributed by atoms with E-state index in [0.717, 1.165) is 22.3 Å². The second-order valence-corrected chi connectivity index (χ2v) is 4.31. The summed E-state index contributed by atoms with van der Waals surface area (Å²) in [5, 5.41) is 2.17. The molecule has 17 heavy (non-hydrogen) atoms. The molecule has 1 aromatic carbocycles. The van der Waals surface area contributed by atoms with E-state index in [9.17, 15) is 0 Å². The van der Waals surface area contributed by atoms with Gasteiger partial charge in [0.1, 0.15) is 11.5 Å². The molecule has 0 radical (unpaired) electrons. The van der Waals surface area contributed by atoms with Crippen molar-refractivity contribution in [3.05, 3.63) is 30.1 Å². The molecular weight excluding hydrogens is 214 g/mol. The van der Waals surface area contributed by atoms with Gasteiger partial charge in [0.05, 0.1) is 14.2 Å². The van der Waals surface area contributed by atoms with E-state index in [0.29, 0.717) is 5.92 Å². The first kappa shape index (κ1) is 11.7. The third kappa shape index (κ3) is 2.05. The molecule has 90 valence electrons. The highest BCUT2D eigenvalue weighted by Crippen LogP contribution is 2.34. The quantitative estimate of drug-likeness (QED) is 0.811. The molecule has 3 heteroatoms. The number of rotatable bonds is 3. The van der Waals surface area contributed by atoms with Gasteiger partial charge in [-0.1, -0.05) is 13.8 Å². The number of aromatic nitrogens is 1. The smallest absolute Gasteiger partial charge is 0.131 e. The summed E-state index contributed by atoms with van der Waals surface area (Å²) in [5.41, 5.74) is 1.21. The van der Waals surface area contributed by atoms with Crippen LogP contribution in [0.15, 0.2) is 24.5 Å². The highest BCUT2D eigenvalue weighted by atomic mass is 16.5. The molecule has 0 aliphatic heterocycles. The number of fused-ring (bicyclic) bond motifs is 1. The average Bonchev–Trinajstić information content (AvgIpc) is 2.36. The van der Waals surface area contributed by atoms with E-state index in [4.69, 9.17) is 9.47 Å². The van der Waals surface area contributed by atoms with Crippen molar-refractivity contribution in [2.75, 3.05) is 14.2 Å². The summed E-state index contributed by atoms with van der Waals surface area (Å²) in [5.74, 6) is 2.03. The van der Waals surface area contributed by atoms with Gasteiger partial charge in [-0.2, -0.15) is 0 Å². The molecule has 0 bridgehead atoms. The number of hydrogen-bond donors (Lipinski definition) is 0. The van der Waals surface area contributed by atoms with Gasteiger partial charge in [0, 0.05) is 23.8 Å². The minimum atomic E-state index is 0.419. The fraction of sp³-hybridized carbons (Fsp3) is 0.357. The molecule has 0 fully saturated rings. The molecule has 2 aromatic rings. The minimum absolute atomic E-state index is 0.419. The zero-order valence-corrected chi connectivity index (χ0v) is 10.7. The van der Waals surface area contributed by atoms with Gasteiger partial charge in [-0.3, -0.25) is 4.98 Å². The summed E-state index contributed by atoms with van der Waals surface area (Å²) in [4.78, 5) is 4.28. The van der Waals surface area contributed by atoms with Crippen LogP contribution >= 0.6 is 0 Å². The maximum Gasteiger partial charge on any atom is 0.131 e. The van der Waals surface area contributed by atoms with E-state index in [-0.39, 0.29) is 0 Å². The van der Waals surface area contributed by atoms with E-state index in [2.05, 4.69) is 18.8 Å². The van der Waals surface area contributed by atoms with Crippen molar-refractivity contribution in [1.82, 2.24) is 4.98 Å². The Hall–Kier alpha value is -1.77. The van der Waals surface area contributed by atoms with Crippen molar-refractivity contribution in [2.45, 2.75) is 19.8 Å². The van der Waals surface area contributed by atoms with Crippen LogP contribution in [0.4, 0.5) is 0 Å². The maximum absolute atomic E-state index is 5.38. The molecule has 0 saturated carbocycles. The molecule has 0 saturated heterocycles. The van der Waals surface area contributed by atoms with Crippen molar-refractivity contribution in [2.24, 2.45) is 0 Å². The van der Waals surface area contributed by atoms with Crippen LogP contribution < -0.4 is 9.47 Å². The molecule has 0 aliphatic rings. The van der Waals surface area contributed by atoms with Gasteiger partial charge < -0.3 is 9.47 Å². The van der Waals surface area contributed by atoms with Crippen molar-refractivity contribution in [1.29, 1.82) is 0 Å². The van der Waals surface area contributed by atoms with Gasteiger partial charge in [-0.25, -0.2) is 0 Å². The first-order valence-corrected chi connectivity index (χ1v) is 5.67. The molecule has 3 nitrogen and oxygen atoms in total. The molecule has 0 aliphatic carbocycles. The van der Waals surface area contributed by atoms with Gasteiger partial charge in [-0.15, -0.1) is 0 Å². The summed E-state index contributed by atoms with van der Waals surface area (Å²) < 4.78 is 10.7. The number of hydrogen-bond acceptors (Lipinski definition) is 3. The Labute approximate surface area is 101 Å². The van der Waals surface area contributed by atoms with Crippen molar-refractivity contribution in [3.8, 4) is 11.5 Å². The van der Waals surface area contributed by atoms with E-state index in [1.54, 1.807) is 14.2 Å². The first-order valence-electron chi connectivity index (χ1n) is 5.67. The minimum Gasteiger partial charge on any atom is -0.497 e. The molecule has 0 spiro atoms. The summed E-state index contributed by atoms with van der Waals surface area (Å²) in [7, 11) is 3.33. The lowest BCUT2D eigenvalue weighted by Gasteiger charge is -2.13. The highest BCUT2D eigenvalue weighted by molar-refractivity contribution is 5.91. The predicted molar refractivity (Wildman–Crippen MR) is 68.9 cm³/mol. The van der Waals surface area contributed by atoms with Crippen LogP contribution in [0, 0.1) is 0 Å². The second-order valence-electron chi connectivity index (χ2n) is 4.31. The Morgan fingerprint density at radius 3 is 2.35 bits per heavy atom. The summed E-state index contributed by atoms with van der Waals surface area (Å²) in [6, 6.07) is 3.92. The maximum atomic E-state index is 5.38. The monoisotopic (exact) mass is 231 g/mol. The molecule has 0 atom stereocenters. The van der Waals surface area contributed by atoms with Gasteiger partial charge in [0.2, 0.25) is 0 Å². The zero-order valence-electron chi connectivity index (χ0n) is 10.7. The third-order valence-electron chi connectivity index (χ3n) is 2.92. The second kappa shape index (κ2) is 4.62. The Morgan fingerprint density at radius 2 is 1.76 bits per heavy atom. The number of pyridine rings is 1. The largest absolute Gasteiger partial charge is 0.497 e. The van der Waals surface area contributed by atoms with E-state index < -0.39 is 0 Å². The van der Waals surface area contributed by atoms with E-state index in [1.807, 2.05) is 24.5 Å². The first-order chi connectivity index (χ1) is 8.17. The third-order valence-corrected chi connectivity index (χ3v) is 2.92. The molecule has 1 heterocycles. The number of methoxy groups -OCH3 is 2. The average molecular weight is 231 g/mol. The van der Waals surface area contributed by atoms with Gasteiger partial charge >= 0.3 is 0 Å². The Morgan fingerprint density at radius 1 is 1.00 bits per heavy atom. The number of nitrogens with zero attached hydrogens (tertiary/aromatic N) is 1. The van der Waals surface area contributed by atoms with Crippen LogP contribution in [-0.2, 0) is 0 Å². The molecule has 0 unspecified atom stereocenters. The summed E-state index contributed by atoms with van der Waals surface area (Å²) in [6.45, 7) is 4.31. The van der Waals surface area contributed by atoms with Crippen LogP contribution in [-0.4, -0.2) is 19.2 Å². The van der Waals surface area contributed by atoms with Crippen LogP contribution in [0.2, 0.25) is 0 Å². The lowest BCUT2D eigenvalue weighted by atomic mass is 9.98. The summed E-state index contributed by atoms with van der Waals surface area (Å²) >= 11 is 0. The van der Waals surface area contributed by atoms with E-state index in [1.165, 1.54) is 5.56 Å². The Kier molecular flexibility index (Phi) is 3.18. The molecule has 0 amide bonds. The Bertz CT molecular complexity index is 535. The molecule has 1 aromatic heterocycles.